The number of carbonyl (C=O) groups excluding carboxylic acids is 2. The zero-order chi connectivity index (χ0) is 19.8. The lowest BCUT2D eigenvalue weighted by molar-refractivity contribution is 0.0847. The largest absolute Gasteiger partial charge is 0.270 e. The molecule has 0 aliphatic heterocycles. The predicted octanol–water partition coefficient (Wildman–Crippen LogP) is 2.79. The number of nitrogens with one attached hydrogen (secondary N) is 2. The first-order valence-electron chi connectivity index (χ1n) is 9.51. The van der Waals surface area contributed by atoms with E-state index in [2.05, 4.69) is 22.9 Å². The highest BCUT2D eigenvalue weighted by atomic mass is 16.2. The molecular formula is C21H23N5O2. The van der Waals surface area contributed by atoms with Gasteiger partial charge in [0.25, 0.3) is 11.8 Å². The molecule has 2 amide bonds. The molecule has 2 heterocycles. The first-order valence-corrected chi connectivity index (χ1v) is 9.51. The number of amides is 2. The van der Waals surface area contributed by atoms with Gasteiger partial charge in [-0.05, 0) is 49.9 Å². The van der Waals surface area contributed by atoms with E-state index < -0.39 is 0 Å². The minimum Gasteiger partial charge on any atom is -0.267 e. The van der Waals surface area contributed by atoms with Crippen LogP contribution in [-0.2, 0) is 13.5 Å². The Kier molecular flexibility index (Phi) is 4.58. The van der Waals surface area contributed by atoms with Crippen LogP contribution in [0.15, 0.2) is 30.3 Å². The Bertz CT molecular complexity index is 1060. The average Bonchev–Trinajstić information content (AvgIpc) is 3.52. The molecule has 7 nitrogen and oxygen atoms in total. The number of hydrogen-bond donors (Lipinski definition) is 2. The Morgan fingerprint density at radius 3 is 2.46 bits per heavy atom. The number of benzene rings is 1. The lowest BCUT2D eigenvalue weighted by atomic mass is 10.1. The number of carbonyl (C=O) groups is 2. The zero-order valence-electron chi connectivity index (χ0n) is 16.2. The van der Waals surface area contributed by atoms with Gasteiger partial charge in [-0.2, -0.15) is 5.10 Å². The van der Waals surface area contributed by atoms with Crippen molar-refractivity contribution in [2.24, 2.45) is 7.05 Å². The maximum absolute atomic E-state index is 12.9. The summed E-state index contributed by atoms with van der Waals surface area (Å²) in [5, 5.41) is 5.11. The van der Waals surface area contributed by atoms with Gasteiger partial charge in [0.2, 0.25) is 0 Å². The third-order valence-corrected chi connectivity index (χ3v) is 5.14. The number of fused-ring (bicyclic) bond motifs is 1. The monoisotopic (exact) mass is 377 g/mol. The van der Waals surface area contributed by atoms with Crippen LogP contribution in [0.3, 0.4) is 0 Å². The molecular weight excluding hydrogens is 354 g/mol. The van der Waals surface area contributed by atoms with E-state index in [0.717, 1.165) is 36.2 Å². The molecule has 28 heavy (non-hydrogen) atoms. The zero-order valence-corrected chi connectivity index (χ0v) is 16.2. The molecule has 1 aliphatic rings. The van der Waals surface area contributed by atoms with Crippen LogP contribution in [-0.4, -0.2) is 26.6 Å². The number of aryl methyl sites for hydroxylation is 3. The molecule has 0 unspecified atom stereocenters. The third kappa shape index (κ3) is 3.35. The molecule has 1 aromatic carbocycles. The average molecular weight is 377 g/mol. The van der Waals surface area contributed by atoms with Crippen molar-refractivity contribution in [3.63, 3.8) is 0 Å². The molecule has 1 aliphatic carbocycles. The molecule has 0 spiro atoms. The van der Waals surface area contributed by atoms with Crippen molar-refractivity contribution >= 4 is 22.8 Å². The van der Waals surface area contributed by atoms with Crippen LogP contribution in [0.4, 0.5) is 0 Å². The summed E-state index contributed by atoms with van der Waals surface area (Å²) in [6.07, 6.45) is 3.08. The highest BCUT2D eigenvalue weighted by Gasteiger charge is 2.28. The Hall–Kier alpha value is -3.22. The number of hydrogen-bond acceptors (Lipinski definition) is 4. The van der Waals surface area contributed by atoms with Crippen molar-refractivity contribution in [2.75, 3.05) is 0 Å². The van der Waals surface area contributed by atoms with Crippen LogP contribution in [0.2, 0.25) is 0 Å². The van der Waals surface area contributed by atoms with Gasteiger partial charge in [-0.1, -0.05) is 19.1 Å². The second-order valence-electron chi connectivity index (χ2n) is 7.24. The Morgan fingerprint density at radius 1 is 1.14 bits per heavy atom. The molecule has 2 aromatic heterocycles. The fourth-order valence-corrected chi connectivity index (χ4v) is 3.38. The minimum absolute atomic E-state index is 0.355. The Morgan fingerprint density at radius 2 is 1.82 bits per heavy atom. The van der Waals surface area contributed by atoms with Gasteiger partial charge in [0.1, 0.15) is 0 Å². The molecule has 3 aromatic rings. The molecule has 1 fully saturated rings. The van der Waals surface area contributed by atoms with Gasteiger partial charge in [-0.15, -0.1) is 0 Å². The van der Waals surface area contributed by atoms with E-state index in [1.807, 2.05) is 32.2 Å². The molecule has 4 rings (SSSR count). The van der Waals surface area contributed by atoms with Gasteiger partial charge in [0, 0.05) is 24.2 Å². The second kappa shape index (κ2) is 7.07. The second-order valence-corrected chi connectivity index (χ2v) is 7.24. The van der Waals surface area contributed by atoms with E-state index in [9.17, 15) is 9.59 Å². The summed E-state index contributed by atoms with van der Waals surface area (Å²) in [4.78, 5) is 29.9. The first kappa shape index (κ1) is 18.2. The molecule has 2 N–H and O–H groups in total. The van der Waals surface area contributed by atoms with E-state index in [-0.39, 0.29) is 11.8 Å². The SMILES string of the molecule is CCc1ccc(C(=O)NNC(=O)c2cc(C3CC3)nc3c2c(C)nn3C)cc1. The van der Waals surface area contributed by atoms with Crippen molar-refractivity contribution in [3.05, 3.63) is 58.4 Å². The van der Waals surface area contributed by atoms with Crippen molar-refractivity contribution < 1.29 is 9.59 Å². The van der Waals surface area contributed by atoms with E-state index >= 15 is 0 Å². The van der Waals surface area contributed by atoms with Gasteiger partial charge >= 0.3 is 0 Å². The molecule has 0 saturated heterocycles. The molecule has 0 atom stereocenters. The van der Waals surface area contributed by atoms with Gasteiger partial charge < -0.3 is 0 Å². The predicted molar refractivity (Wildman–Crippen MR) is 106 cm³/mol. The Labute approximate surface area is 163 Å². The fraction of sp³-hybridized carbons (Fsp3) is 0.333. The lowest BCUT2D eigenvalue weighted by Crippen LogP contribution is -2.41. The van der Waals surface area contributed by atoms with Crippen LogP contribution in [0, 0.1) is 6.92 Å². The van der Waals surface area contributed by atoms with Crippen molar-refractivity contribution in [1.29, 1.82) is 0 Å². The summed E-state index contributed by atoms with van der Waals surface area (Å²) in [5.74, 6) is -0.326. The molecule has 7 heteroatoms. The number of pyridine rings is 1. The fourth-order valence-electron chi connectivity index (χ4n) is 3.38. The topological polar surface area (TPSA) is 88.9 Å². The summed E-state index contributed by atoms with van der Waals surface area (Å²) < 4.78 is 1.70. The maximum Gasteiger partial charge on any atom is 0.270 e. The van der Waals surface area contributed by atoms with Gasteiger partial charge in [0.05, 0.1) is 16.6 Å². The summed E-state index contributed by atoms with van der Waals surface area (Å²) >= 11 is 0. The quantitative estimate of drug-likeness (QED) is 0.684. The van der Waals surface area contributed by atoms with Crippen LogP contribution in [0.5, 0.6) is 0 Å². The van der Waals surface area contributed by atoms with Crippen LogP contribution >= 0.6 is 0 Å². The van der Waals surface area contributed by atoms with Crippen molar-refractivity contribution in [1.82, 2.24) is 25.6 Å². The van der Waals surface area contributed by atoms with E-state index in [1.54, 1.807) is 16.8 Å². The highest BCUT2D eigenvalue weighted by Crippen LogP contribution is 2.40. The lowest BCUT2D eigenvalue weighted by Gasteiger charge is -2.10. The third-order valence-electron chi connectivity index (χ3n) is 5.14. The van der Waals surface area contributed by atoms with Crippen LogP contribution < -0.4 is 10.9 Å². The minimum atomic E-state index is -0.371. The van der Waals surface area contributed by atoms with Gasteiger partial charge in [0.15, 0.2) is 5.65 Å². The molecule has 144 valence electrons. The van der Waals surface area contributed by atoms with E-state index in [0.29, 0.717) is 28.1 Å². The van der Waals surface area contributed by atoms with Gasteiger partial charge in [-0.3, -0.25) is 25.1 Å². The summed E-state index contributed by atoms with van der Waals surface area (Å²) in [5.41, 5.74) is 9.50. The number of rotatable bonds is 4. The number of aromatic nitrogens is 3. The number of hydrazine groups is 1. The Balaban J connectivity index is 1.57. The van der Waals surface area contributed by atoms with Crippen LogP contribution in [0.25, 0.3) is 11.0 Å². The molecule has 0 radical (unpaired) electrons. The maximum atomic E-state index is 12.9. The van der Waals surface area contributed by atoms with Crippen molar-refractivity contribution in [2.45, 2.75) is 39.0 Å². The summed E-state index contributed by atoms with van der Waals surface area (Å²) in [6.45, 7) is 3.91. The number of nitrogens with zero attached hydrogens (tertiary/aromatic N) is 3. The van der Waals surface area contributed by atoms with E-state index in [1.165, 1.54) is 0 Å². The summed E-state index contributed by atoms with van der Waals surface area (Å²) in [7, 11) is 1.82. The van der Waals surface area contributed by atoms with E-state index in [4.69, 9.17) is 4.98 Å². The highest BCUT2D eigenvalue weighted by molar-refractivity contribution is 6.07. The summed E-state index contributed by atoms with van der Waals surface area (Å²) in [6, 6.07) is 9.14. The smallest absolute Gasteiger partial charge is 0.267 e. The normalized spacial score (nSPS) is 13.5. The van der Waals surface area contributed by atoms with Crippen molar-refractivity contribution in [3.8, 4) is 0 Å². The molecule has 1 saturated carbocycles. The van der Waals surface area contributed by atoms with Gasteiger partial charge in [-0.25, -0.2) is 4.98 Å². The first-order chi connectivity index (χ1) is 13.5. The standard InChI is InChI=1S/C21H23N5O2/c1-4-13-5-7-15(8-6-13)20(27)23-24-21(28)16-11-17(14-9-10-14)22-19-18(16)12(2)25-26(19)3/h5-8,11,14H,4,9-10H2,1-3H3,(H,23,27)(H,24,28). The molecule has 0 bridgehead atoms. The van der Waals surface area contributed by atoms with Crippen LogP contribution in [0.1, 0.15) is 63.4 Å².